The predicted octanol–water partition coefficient (Wildman–Crippen LogP) is -1.24. The molecule has 12 atom stereocenters. The molecule has 0 bridgehead atoms. The molecule has 4 aromatic heterocycles. The van der Waals surface area contributed by atoms with Crippen molar-refractivity contribution in [1.29, 1.82) is 0 Å². The Kier molecular flexibility index (Phi) is 12.4. The number of H-pyrrole nitrogens is 2. The van der Waals surface area contributed by atoms with Crippen molar-refractivity contribution >= 4 is 81.1 Å². The predicted molar refractivity (Wildman–Crippen MR) is 193 cm³/mol. The van der Waals surface area contributed by atoms with Gasteiger partial charge in [0.25, 0.3) is 11.1 Å². The number of aromatic amines is 2. The van der Waals surface area contributed by atoms with Crippen LogP contribution in [0.5, 0.6) is 0 Å². The summed E-state index contributed by atoms with van der Waals surface area (Å²) in [7, 11) is -24.0. The van der Waals surface area contributed by atoms with Crippen molar-refractivity contribution in [3.63, 3.8) is 0 Å². The number of fused-ring (bicyclic) bond motifs is 4. The molecule has 38 heteroatoms. The van der Waals surface area contributed by atoms with E-state index >= 15 is 0 Å². The molecule has 32 nitrogen and oxygen atoms in total. The van der Waals surface area contributed by atoms with Crippen molar-refractivity contribution in [3.8, 4) is 0 Å². The number of nitrogen functional groups attached to an aromatic ring is 2. The third-order valence-electron chi connectivity index (χ3n) is 8.46. The first-order chi connectivity index (χ1) is 27.9. The minimum Gasteiger partial charge on any atom is -0.369 e. The normalized spacial score (nSPS) is 29.9. The lowest BCUT2D eigenvalue weighted by Gasteiger charge is -2.18. The van der Waals surface area contributed by atoms with Gasteiger partial charge in [0.15, 0.2) is 71.0 Å². The molecule has 4 aliphatic rings. The van der Waals surface area contributed by atoms with E-state index in [9.17, 15) is 46.8 Å². The van der Waals surface area contributed by atoms with Crippen LogP contribution in [0.2, 0.25) is 0 Å². The molecule has 8 unspecified atom stereocenters. The van der Waals surface area contributed by atoms with Gasteiger partial charge in [-0.05, 0) is 0 Å². The summed E-state index contributed by atoms with van der Waals surface area (Å²) in [5.74, 6) is -3.13. The number of nitrogens with two attached hydrogens (primary N) is 2. The van der Waals surface area contributed by atoms with E-state index in [2.05, 4.69) is 29.9 Å². The Morgan fingerprint density at radius 2 is 1.00 bits per heavy atom. The third kappa shape index (κ3) is 9.89. The van der Waals surface area contributed by atoms with Crippen LogP contribution < -0.4 is 22.6 Å². The molecule has 12 N–H and O–H groups in total. The van der Waals surface area contributed by atoms with Gasteiger partial charge in [0.05, 0.1) is 25.9 Å². The van der Waals surface area contributed by atoms with Gasteiger partial charge in [-0.15, -0.1) is 18.1 Å². The van der Waals surface area contributed by atoms with E-state index in [1.54, 1.807) is 0 Å². The molecular weight excluding hydrogens is 942 g/mol. The highest BCUT2D eigenvalue weighted by atomic mass is 31.2. The van der Waals surface area contributed by atoms with Crippen LogP contribution in [0.25, 0.3) is 22.3 Å². The molecule has 4 fully saturated rings. The Morgan fingerprint density at radius 3 is 1.35 bits per heavy atom. The van der Waals surface area contributed by atoms with Gasteiger partial charge in [-0.2, -0.15) is 9.97 Å². The lowest BCUT2D eigenvalue weighted by molar-refractivity contribution is -0.0511. The largest absolute Gasteiger partial charge is 0.698 e. The topological polar surface area (TPSA) is 477 Å². The number of aromatic nitrogens is 8. The first-order valence-electron chi connectivity index (χ1n) is 16.3. The van der Waals surface area contributed by atoms with Gasteiger partial charge in [0.1, 0.15) is 12.2 Å². The molecule has 0 radical (unpaired) electrons. The molecule has 0 aliphatic carbocycles. The van der Waals surface area contributed by atoms with Crippen LogP contribution in [-0.2, 0) is 64.0 Å². The summed E-state index contributed by atoms with van der Waals surface area (Å²) < 4.78 is 114. The van der Waals surface area contributed by atoms with Crippen LogP contribution >= 0.6 is 46.9 Å². The number of nitrogens with zero attached hydrogens (tertiary/aromatic N) is 6. The average molecular weight is 972 g/mol. The molecule has 60 heavy (non-hydrogen) atoms. The van der Waals surface area contributed by atoms with E-state index < -0.39 is 132 Å². The van der Waals surface area contributed by atoms with Gasteiger partial charge >= 0.3 is 46.9 Å². The molecule has 8 rings (SSSR count). The first kappa shape index (κ1) is 44.9. The molecule has 0 spiro atoms. The molecule has 328 valence electrons. The maximum Gasteiger partial charge on any atom is 0.698 e. The second-order valence-electron chi connectivity index (χ2n) is 12.9. The summed E-state index contributed by atoms with van der Waals surface area (Å²) in [6, 6.07) is 0. The molecule has 4 aromatic rings. The minimum atomic E-state index is -4.82. The molecule has 4 aliphatic heterocycles. The minimum absolute atomic E-state index is 0.0432. The highest BCUT2D eigenvalue weighted by Crippen LogP contribution is 2.58. The maximum absolute atomic E-state index is 12.0. The summed E-state index contributed by atoms with van der Waals surface area (Å²) in [6.45, 7) is -1.25. The Labute approximate surface area is 332 Å². The van der Waals surface area contributed by atoms with Crippen LogP contribution in [0.3, 0.4) is 0 Å². The maximum atomic E-state index is 12.0. The number of anilines is 2. The molecule has 4 saturated heterocycles. The van der Waals surface area contributed by atoms with Gasteiger partial charge in [-0.1, -0.05) is 0 Å². The van der Waals surface area contributed by atoms with Gasteiger partial charge in [0.2, 0.25) is 11.9 Å². The van der Waals surface area contributed by atoms with E-state index in [4.69, 9.17) is 67.7 Å². The van der Waals surface area contributed by atoms with E-state index in [0.29, 0.717) is 0 Å². The fourth-order valence-corrected chi connectivity index (χ4v) is 13.2. The lowest BCUT2D eigenvalue weighted by atomic mass is 10.1. The van der Waals surface area contributed by atoms with Crippen molar-refractivity contribution in [2.75, 3.05) is 36.5 Å². The third-order valence-corrected chi connectivity index (χ3v) is 17.0. The summed E-state index contributed by atoms with van der Waals surface area (Å²) in [4.78, 5) is 99.1. The smallest absolute Gasteiger partial charge is 0.369 e. The molecule has 0 amide bonds. The second kappa shape index (κ2) is 16.5. The molecule has 0 saturated carbocycles. The highest BCUT2D eigenvalue weighted by Gasteiger charge is 2.63. The van der Waals surface area contributed by atoms with E-state index in [1.807, 2.05) is 0 Å². The van der Waals surface area contributed by atoms with E-state index in [-0.39, 0.29) is 34.2 Å². The average Bonchev–Trinajstić information content (AvgIpc) is 3.93. The van der Waals surface area contributed by atoms with E-state index in [1.165, 1.54) is 21.8 Å². The van der Waals surface area contributed by atoms with Crippen molar-refractivity contribution in [2.24, 2.45) is 0 Å². The zero-order chi connectivity index (χ0) is 43.7. The fourth-order valence-electron chi connectivity index (χ4n) is 6.24. The number of hydrogen-bond donors (Lipinski definition) is 10. The Bertz CT molecular complexity index is 2500. The van der Waals surface area contributed by atoms with Crippen LogP contribution in [0.1, 0.15) is 12.5 Å². The summed E-state index contributed by atoms with van der Waals surface area (Å²) in [5, 5.41) is 0. The van der Waals surface area contributed by atoms with Gasteiger partial charge in [-0.3, -0.25) is 47.0 Å². The van der Waals surface area contributed by atoms with Crippen molar-refractivity contribution < 1.29 is 93.4 Å². The van der Waals surface area contributed by atoms with Crippen molar-refractivity contribution in [2.45, 2.75) is 49.1 Å². The molecular formula is C22H30N10O22P6+2. The molecule has 8 heterocycles. The second-order valence-corrected chi connectivity index (χ2v) is 22.6. The SMILES string of the molecule is Nc1nc2c(ncn2[C@@H]2O[C@H](COP(=O)(O)CP(=O)(O)O)C3O[P+](=O)OC32)c(=O)[nH]1.Nc1nc2c(ncn2[C@@H]2O[C@H](COP(=O)(O)CP(=O)(O)O)C3O[P+](=O)OC32)c(=O)[nH]1. The molecule has 0 aromatic carbocycles. The fraction of sp³-hybridized carbons (Fsp3) is 0.545. The van der Waals surface area contributed by atoms with Crippen molar-refractivity contribution in [1.82, 2.24) is 39.0 Å². The van der Waals surface area contributed by atoms with Gasteiger partial charge in [-0.25, -0.2) is 9.97 Å². The Hall–Kier alpha value is -3.14. The Morgan fingerprint density at radius 1 is 0.650 bits per heavy atom. The van der Waals surface area contributed by atoms with Crippen LogP contribution in [-0.4, -0.2) is 130 Å². The standard InChI is InChI=1S/2C11H14N5O11P3/c2*12-11-14-8-5(9(17)15-11)13-2-16(8)10-7-6(26-28(18)27-7)4(25-10)1-24-30(22,23)3-29(19,20)21/h2*2,4,6-7,10H,1,3H2,(H5-,12,14,15,17,19,20,21,22,23)/p+2/t2*4-,6?,7?,10-/m11/s1. The van der Waals surface area contributed by atoms with Gasteiger partial charge in [0, 0.05) is 9.13 Å². The lowest BCUT2D eigenvalue weighted by Crippen LogP contribution is -2.31. The van der Waals surface area contributed by atoms with Crippen molar-refractivity contribution in [3.05, 3.63) is 33.4 Å². The summed E-state index contributed by atoms with van der Waals surface area (Å²) in [6.07, 6.45) is -5.88. The first-order valence-corrected chi connectivity index (χ1v) is 25.6. The van der Waals surface area contributed by atoms with Crippen LogP contribution in [0, 0.1) is 0 Å². The summed E-state index contributed by atoms with van der Waals surface area (Å²) in [5.41, 5.74) is 9.91. The number of rotatable bonds is 12. The van der Waals surface area contributed by atoms with Crippen LogP contribution in [0.4, 0.5) is 11.9 Å². The number of hydrogen-bond acceptors (Lipinski definition) is 22. The van der Waals surface area contributed by atoms with Gasteiger partial charge < -0.3 is 59.3 Å². The zero-order valence-corrected chi connectivity index (χ0v) is 34.7. The van der Waals surface area contributed by atoms with Crippen LogP contribution in [0.15, 0.2) is 22.2 Å². The summed E-state index contributed by atoms with van der Waals surface area (Å²) >= 11 is 0. The monoisotopic (exact) mass is 972 g/mol. The Balaban J connectivity index is 0.000000181. The number of ether oxygens (including phenoxy) is 2. The number of imidazole rings is 2. The highest BCUT2D eigenvalue weighted by molar-refractivity contribution is 7.70. The number of nitrogens with one attached hydrogen (secondary N) is 2. The van der Waals surface area contributed by atoms with E-state index in [0.717, 1.165) is 0 Å². The zero-order valence-electron chi connectivity index (χ0n) is 29.3. The quantitative estimate of drug-likeness (QED) is 0.0742.